The van der Waals surface area contributed by atoms with Crippen molar-refractivity contribution in [3.8, 4) is 0 Å². The second-order valence-corrected chi connectivity index (χ2v) is 7.00. The normalized spacial score (nSPS) is 13.0. The molecule has 0 aromatic carbocycles. The number of carboxylic acids is 4. The lowest BCUT2D eigenvalue weighted by molar-refractivity contribution is -0.146. The Labute approximate surface area is 159 Å². The average Bonchev–Trinajstić information content (AvgIpc) is 2.56. The monoisotopic (exact) mass is 388 g/mol. The highest BCUT2D eigenvalue weighted by Gasteiger charge is 2.26. The van der Waals surface area contributed by atoms with Crippen LogP contribution in [0, 0.1) is 11.8 Å². The summed E-state index contributed by atoms with van der Waals surface area (Å²) in [5.41, 5.74) is 0. The summed E-state index contributed by atoms with van der Waals surface area (Å²) in [6, 6.07) is 0. The van der Waals surface area contributed by atoms with Crippen molar-refractivity contribution >= 4 is 23.9 Å². The van der Waals surface area contributed by atoms with Gasteiger partial charge in [0.25, 0.3) is 0 Å². The zero-order chi connectivity index (χ0) is 20.7. The Kier molecular flexibility index (Phi) is 13.8. The fourth-order valence-corrected chi connectivity index (χ4v) is 3.07. The number of hydrogen-bond acceptors (Lipinski definition) is 4. The van der Waals surface area contributed by atoms with Gasteiger partial charge in [0, 0.05) is 12.8 Å². The van der Waals surface area contributed by atoms with Crippen molar-refractivity contribution in [2.24, 2.45) is 11.8 Å². The summed E-state index contributed by atoms with van der Waals surface area (Å²) in [5, 5.41) is 35.8. The molecule has 4 N–H and O–H groups in total. The summed E-state index contributed by atoms with van der Waals surface area (Å²) < 4.78 is 0. The second kappa shape index (κ2) is 15.0. The molecule has 0 spiro atoms. The third kappa shape index (κ3) is 14.7. The number of carboxylic acid groups (broad SMARTS) is 4. The summed E-state index contributed by atoms with van der Waals surface area (Å²) in [4.78, 5) is 43.7. The lowest BCUT2D eigenvalue weighted by Crippen LogP contribution is -2.23. The predicted molar refractivity (Wildman–Crippen MR) is 97.5 cm³/mol. The molecule has 0 aromatic rings. The van der Waals surface area contributed by atoms with Crippen LogP contribution >= 0.6 is 0 Å². The molecule has 0 saturated heterocycles. The van der Waals surface area contributed by atoms with Gasteiger partial charge in [0.05, 0.1) is 11.8 Å². The number of hydrogen-bond donors (Lipinski definition) is 4. The first-order valence-electron chi connectivity index (χ1n) is 9.63. The maximum absolute atomic E-state index is 11.4. The molecular formula is C19H32O8. The fraction of sp³-hybridized carbons (Fsp3) is 0.789. The van der Waals surface area contributed by atoms with Gasteiger partial charge < -0.3 is 20.4 Å². The van der Waals surface area contributed by atoms with E-state index in [1.54, 1.807) is 0 Å². The van der Waals surface area contributed by atoms with Gasteiger partial charge in [-0.1, -0.05) is 38.5 Å². The molecule has 27 heavy (non-hydrogen) atoms. The molecule has 0 fully saturated rings. The first-order valence-corrected chi connectivity index (χ1v) is 9.63. The Morgan fingerprint density at radius 1 is 0.519 bits per heavy atom. The number of unbranched alkanes of at least 4 members (excludes halogenated alkanes) is 6. The predicted octanol–water partition coefficient (Wildman–Crippen LogP) is 3.63. The van der Waals surface area contributed by atoms with E-state index in [1.807, 2.05) is 0 Å². The Morgan fingerprint density at radius 3 is 1.15 bits per heavy atom. The van der Waals surface area contributed by atoms with Gasteiger partial charge in [-0.15, -0.1) is 0 Å². The Balaban J connectivity index is 4.18. The van der Waals surface area contributed by atoms with Crippen molar-refractivity contribution in [3.63, 3.8) is 0 Å². The van der Waals surface area contributed by atoms with Crippen molar-refractivity contribution in [3.05, 3.63) is 0 Å². The summed E-state index contributed by atoms with van der Waals surface area (Å²) in [6.45, 7) is 0. The molecule has 0 amide bonds. The topological polar surface area (TPSA) is 149 Å². The van der Waals surface area contributed by atoms with E-state index in [0.717, 1.165) is 25.7 Å². The van der Waals surface area contributed by atoms with E-state index in [4.69, 9.17) is 10.2 Å². The van der Waals surface area contributed by atoms with Crippen LogP contribution in [0.2, 0.25) is 0 Å². The van der Waals surface area contributed by atoms with E-state index in [-0.39, 0.29) is 19.3 Å². The fourth-order valence-electron chi connectivity index (χ4n) is 3.07. The van der Waals surface area contributed by atoms with E-state index < -0.39 is 35.7 Å². The molecule has 0 aromatic heterocycles. The standard InChI is InChI=1S/C19H32O8/c20-16(21)11-7-3-1-5-9-14(18(24)25)13-15(19(26)27)10-6-2-4-8-12-17(22)23/h14-15H,1-13H2,(H,20,21)(H,22,23)(H,24,25)(H,26,27). The zero-order valence-electron chi connectivity index (χ0n) is 15.8. The van der Waals surface area contributed by atoms with E-state index in [9.17, 15) is 29.4 Å². The highest BCUT2D eigenvalue weighted by molar-refractivity contribution is 5.73. The summed E-state index contributed by atoms with van der Waals surface area (Å²) >= 11 is 0. The van der Waals surface area contributed by atoms with E-state index in [1.165, 1.54) is 0 Å². The van der Waals surface area contributed by atoms with Crippen LogP contribution in [0.3, 0.4) is 0 Å². The second-order valence-electron chi connectivity index (χ2n) is 7.00. The molecule has 0 heterocycles. The maximum atomic E-state index is 11.4. The van der Waals surface area contributed by atoms with Crippen LogP contribution in [0.1, 0.15) is 83.5 Å². The third-order valence-corrected chi connectivity index (χ3v) is 4.65. The summed E-state index contributed by atoms with van der Waals surface area (Å²) in [5.74, 6) is -5.09. The molecule has 0 bridgehead atoms. The Hall–Kier alpha value is -2.12. The van der Waals surface area contributed by atoms with Crippen molar-refractivity contribution in [1.29, 1.82) is 0 Å². The van der Waals surface area contributed by atoms with E-state index in [2.05, 4.69) is 0 Å². The average molecular weight is 388 g/mol. The van der Waals surface area contributed by atoms with Crippen molar-refractivity contribution in [2.45, 2.75) is 83.5 Å². The number of aliphatic carboxylic acids is 4. The van der Waals surface area contributed by atoms with Crippen LogP contribution in [0.25, 0.3) is 0 Å². The molecule has 0 aliphatic carbocycles. The maximum Gasteiger partial charge on any atom is 0.306 e. The highest BCUT2D eigenvalue weighted by Crippen LogP contribution is 2.24. The lowest BCUT2D eigenvalue weighted by atomic mass is 9.87. The summed E-state index contributed by atoms with van der Waals surface area (Å²) in [7, 11) is 0. The molecule has 0 aliphatic heterocycles. The zero-order valence-corrected chi connectivity index (χ0v) is 15.8. The lowest BCUT2D eigenvalue weighted by Gasteiger charge is -2.18. The van der Waals surface area contributed by atoms with Crippen LogP contribution in [0.5, 0.6) is 0 Å². The molecule has 0 saturated carbocycles. The van der Waals surface area contributed by atoms with Crippen LogP contribution in [0.15, 0.2) is 0 Å². The van der Waals surface area contributed by atoms with Gasteiger partial charge in [0.2, 0.25) is 0 Å². The van der Waals surface area contributed by atoms with Crippen LogP contribution < -0.4 is 0 Å². The number of carbonyl (C=O) groups is 4. The Morgan fingerprint density at radius 2 is 0.852 bits per heavy atom. The van der Waals surface area contributed by atoms with Crippen molar-refractivity contribution in [2.75, 3.05) is 0 Å². The highest BCUT2D eigenvalue weighted by atomic mass is 16.4. The van der Waals surface area contributed by atoms with Gasteiger partial charge in [-0.05, 0) is 32.1 Å². The van der Waals surface area contributed by atoms with Crippen LogP contribution in [-0.4, -0.2) is 44.3 Å². The van der Waals surface area contributed by atoms with Gasteiger partial charge >= 0.3 is 23.9 Å². The van der Waals surface area contributed by atoms with Crippen LogP contribution in [-0.2, 0) is 19.2 Å². The van der Waals surface area contributed by atoms with Gasteiger partial charge in [-0.2, -0.15) is 0 Å². The molecular weight excluding hydrogens is 356 g/mol. The first kappa shape index (κ1) is 24.9. The molecule has 156 valence electrons. The number of rotatable bonds is 18. The Bertz CT molecular complexity index is 432. The minimum atomic E-state index is -0.992. The minimum Gasteiger partial charge on any atom is -0.481 e. The van der Waals surface area contributed by atoms with Gasteiger partial charge in [-0.3, -0.25) is 19.2 Å². The van der Waals surface area contributed by atoms with E-state index in [0.29, 0.717) is 38.5 Å². The summed E-state index contributed by atoms with van der Waals surface area (Å²) in [6.07, 6.45) is 6.40. The molecule has 2 unspecified atom stereocenters. The first-order chi connectivity index (χ1) is 12.7. The van der Waals surface area contributed by atoms with Crippen molar-refractivity contribution < 1.29 is 39.6 Å². The molecule has 8 heteroatoms. The quantitative estimate of drug-likeness (QED) is 0.260. The van der Waals surface area contributed by atoms with Gasteiger partial charge in [-0.25, -0.2) is 0 Å². The molecule has 2 atom stereocenters. The molecule has 8 nitrogen and oxygen atoms in total. The SMILES string of the molecule is O=C(O)CCCCCCC(CC(CCCCCCC(=O)O)C(=O)O)C(=O)O. The molecule has 0 rings (SSSR count). The van der Waals surface area contributed by atoms with Gasteiger partial charge in [0.15, 0.2) is 0 Å². The molecule has 0 aliphatic rings. The molecule has 0 radical (unpaired) electrons. The smallest absolute Gasteiger partial charge is 0.306 e. The largest absolute Gasteiger partial charge is 0.481 e. The van der Waals surface area contributed by atoms with Gasteiger partial charge in [0.1, 0.15) is 0 Å². The van der Waals surface area contributed by atoms with E-state index >= 15 is 0 Å². The van der Waals surface area contributed by atoms with Crippen molar-refractivity contribution in [1.82, 2.24) is 0 Å². The van der Waals surface area contributed by atoms with Crippen LogP contribution in [0.4, 0.5) is 0 Å². The minimum absolute atomic E-state index is 0.0922. The third-order valence-electron chi connectivity index (χ3n) is 4.65.